The first kappa shape index (κ1) is 13.1. The van der Waals surface area contributed by atoms with Crippen molar-refractivity contribution in [2.75, 3.05) is 5.32 Å². The fraction of sp³-hybridized carbons (Fsp3) is 0.118. The molecule has 0 radical (unpaired) electrons. The molecule has 1 unspecified atom stereocenters. The van der Waals surface area contributed by atoms with E-state index in [0.717, 1.165) is 22.5 Å². The van der Waals surface area contributed by atoms with Crippen LogP contribution in [-0.4, -0.2) is 12.1 Å². The third-order valence-electron chi connectivity index (χ3n) is 3.43. The SMILES string of the molecule is N#CCc1ccc(N=CC2C(=O)Nc3ccccc32)cc1. The molecule has 0 saturated heterocycles. The third kappa shape index (κ3) is 2.67. The Labute approximate surface area is 122 Å². The van der Waals surface area contributed by atoms with Gasteiger partial charge in [0.15, 0.2) is 0 Å². The van der Waals surface area contributed by atoms with Gasteiger partial charge in [-0.25, -0.2) is 0 Å². The van der Waals surface area contributed by atoms with E-state index < -0.39 is 0 Å². The minimum atomic E-state index is -0.347. The maximum Gasteiger partial charge on any atom is 0.237 e. The summed E-state index contributed by atoms with van der Waals surface area (Å²) in [5.74, 6) is -0.402. The van der Waals surface area contributed by atoms with Crippen LogP contribution in [0.25, 0.3) is 0 Å². The Bertz CT molecular complexity index is 741. The number of hydrogen-bond acceptors (Lipinski definition) is 3. The highest BCUT2D eigenvalue weighted by atomic mass is 16.2. The molecular weight excluding hydrogens is 262 g/mol. The predicted molar refractivity (Wildman–Crippen MR) is 81.7 cm³/mol. The number of nitriles is 1. The van der Waals surface area contributed by atoms with E-state index in [4.69, 9.17) is 5.26 Å². The Morgan fingerprint density at radius 1 is 1.19 bits per heavy atom. The van der Waals surface area contributed by atoms with Crippen LogP contribution in [0.5, 0.6) is 0 Å². The molecule has 21 heavy (non-hydrogen) atoms. The lowest BCUT2D eigenvalue weighted by atomic mass is 10.0. The van der Waals surface area contributed by atoms with Gasteiger partial charge in [0.05, 0.1) is 18.2 Å². The van der Waals surface area contributed by atoms with Crippen molar-refractivity contribution in [3.63, 3.8) is 0 Å². The van der Waals surface area contributed by atoms with Gasteiger partial charge in [0.1, 0.15) is 5.92 Å². The van der Waals surface area contributed by atoms with Crippen molar-refractivity contribution in [1.29, 1.82) is 5.26 Å². The van der Waals surface area contributed by atoms with Crippen LogP contribution in [0.3, 0.4) is 0 Å². The summed E-state index contributed by atoms with van der Waals surface area (Å²) in [6, 6.07) is 17.2. The van der Waals surface area contributed by atoms with E-state index in [2.05, 4.69) is 16.4 Å². The molecule has 0 saturated carbocycles. The molecule has 1 N–H and O–H groups in total. The quantitative estimate of drug-likeness (QED) is 0.874. The van der Waals surface area contributed by atoms with Gasteiger partial charge in [0.2, 0.25) is 5.91 Å². The maximum atomic E-state index is 12.0. The Morgan fingerprint density at radius 3 is 2.71 bits per heavy atom. The summed E-state index contributed by atoms with van der Waals surface area (Å²) in [6.07, 6.45) is 2.06. The second-order valence-electron chi connectivity index (χ2n) is 4.83. The molecule has 102 valence electrons. The molecule has 3 rings (SSSR count). The highest BCUT2D eigenvalue weighted by Gasteiger charge is 2.28. The summed E-state index contributed by atoms with van der Waals surface area (Å²) in [6.45, 7) is 0. The molecule has 0 aliphatic carbocycles. The molecule has 2 aromatic carbocycles. The van der Waals surface area contributed by atoms with E-state index in [1.807, 2.05) is 48.5 Å². The van der Waals surface area contributed by atoms with E-state index in [9.17, 15) is 4.79 Å². The molecule has 2 aromatic rings. The fourth-order valence-corrected chi connectivity index (χ4v) is 2.33. The van der Waals surface area contributed by atoms with Crippen molar-refractivity contribution < 1.29 is 4.79 Å². The van der Waals surface area contributed by atoms with Crippen LogP contribution < -0.4 is 5.32 Å². The Hall–Kier alpha value is -2.93. The molecule has 4 heteroatoms. The zero-order valence-corrected chi connectivity index (χ0v) is 11.3. The summed E-state index contributed by atoms with van der Waals surface area (Å²) in [5, 5.41) is 11.5. The lowest BCUT2D eigenvalue weighted by Gasteiger charge is -2.02. The summed E-state index contributed by atoms with van der Waals surface area (Å²) < 4.78 is 0. The van der Waals surface area contributed by atoms with Crippen molar-refractivity contribution in [3.05, 3.63) is 59.7 Å². The topological polar surface area (TPSA) is 65.2 Å². The van der Waals surface area contributed by atoms with Gasteiger partial charge in [0, 0.05) is 11.9 Å². The van der Waals surface area contributed by atoms with Gasteiger partial charge in [-0.3, -0.25) is 9.79 Å². The smallest absolute Gasteiger partial charge is 0.237 e. The van der Waals surface area contributed by atoms with Gasteiger partial charge in [0.25, 0.3) is 0 Å². The molecule has 4 nitrogen and oxygen atoms in total. The number of rotatable bonds is 3. The lowest BCUT2D eigenvalue weighted by molar-refractivity contribution is -0.115. The summed E-state index contributed by atoms with van der Waals surface area (Å²) in [5.41, 5.74) is 3.53. The Balaban J connectivity index is 1.80. The lowest BCUT2D eigenvalue weighted by Crippen LogP contribution is -2.12. The van der Waals surface area contributed by atoms with Crippen molar-refractivity contribution in [3.8, 4) is 6.07 Å². The molecule has 0 bridgehead atoms. The first-order valence-electron chi connectivity index (χ1n) is 6.68. The highest BCUT2D eigenvalue weighted by molar-refractivity contribution is 6.12. The normalized spacial score (nSPS) is 16.5. The average molecular weight is 275 g/mol. The number of amides is 1. The van der Waals surface area contributed by atoms with Crippen LogP contribution in [0, 0.1) is 11.3 Å². The molecule has 0 fully saturated rings. The minimum Gasteiger partial charge on any atom is -0.325 e. The number of fused-ring (bicyclic) bond motifs is 1. The van der Waals surface area contributed by atoms with Gasteiger partial charge in [-0.15, -0.1) is 0 Å². The van der Waals surface area contributed by atoms with Crippen LogP contribution in [-0.2, 0) is 11.2 Å². The zero-order chi connectivity index (χ0) is 14.7. The number of hydrogen-bond donors (Lipinski definition) is 1. The van der Waals surface area contributed by atoms with Crippen molar-refractivity contribution in [2.24, 2.45) is 4.99 Å². The number of para-hydroxylation sites is 1. The zero-order valence-electron chi connectivity index (χ0n) is 11.3. The average Bonchev–Trinajstić information content (AvgIpc) is 2.82. The van der Waals surface area contributed by atoms with E-state index in [1.165, 1.54) is 0 Å². The number of aliphatic imine (C=N–C) groups is 1. The second-order valence-corrected chi connectivity index (χ2v) is 4.83. The molecule has 1 atom stereocenters. The van der Waals surface area contributed by atoms with Gasteiger partial charge in [-0.1, -0.05) is 30.3 Å². The largest absolute Gasteiger partial charge is 0.325 e. The van der Waals surface area contributed by atoms with Crippen LogP contribution >= 0.6 is 0 Å². The van der Waals surface area contributed by atoms with Crippen molar-refractivity contribution in [1.82, 2.24) is 0 Å². The van der Waals surface area contributed by atoms with Crippen molar-refractivity contribution in [2.45, 2.75) is 12.3 Å². The summed E-state index contributed by atoms with van der Waals surface area (Å²) in [7, 11) is 0. The van der Waals surface area contributed by atoms with E-state index in [-0.39, 0.29) is 11.8 Å². The number of carbonyl (C=O) groups excluding carboxylic acids is 1. The Kier molecular flexibility index (Phi) is 3.48. The third-order valence-corrected chi connectivity index (χ3v) is 3.43. The first-order chi connectivity index (χ1) is 10.3. The van der Waals surface area contributed by atoms with Crippen molar-refractivity contribution >= 4 is 23.5 Å². The van der Waals surface area contributed by atoms with Gasteiger partial charge in [-0.05, 0) is 29.3 Å². The van der Waals surface area contributed by atoms with Crippen LogP contribution in [0.4, 0.5) is 11.4 Å². The summed E-state index contributed by atoms with van der Waals surface area (Å²) in [4.78, 5) is 16.3. The van der Waals surface area contributed by atoms with Gasteiger partial charge in [-0.2, -0.15) is 5.26 Å². The van der Waals surface area contributed by atoms with Crippen LogP contribution in [0.2, 0.25) is 0 Å². The number of benzene rings is 2. The fourth-order valence-electron chi connectivity index (χ4n) is 2.33. The molecule has 1 aliphatic rings. The van der Waals surface area contributed by atoms with Gasteiger partial charge >= 0.3 is 0 Å². The standard InChI is InChI=1S/C17H13N3O/c18-10-9-12-5-7-13(8-6-12)19-11-15-14-3-1-2-4-16(14)20-17(15)21/h1-8,11,15H,9H2,(H,20,21). The number of anilines is 1. The molecule has 1 aliphatic heterocycles. The van der Waals surface area contributed by atoms with Crippen LogP contribution in [0.15, 0.2) is 53.5 Å². The molecule has 0 spiro atoms. The molecule has 1 heterocycles. The number of nitrogens with one attached hydrogen (secondary N) is 1. The minimum absolute atomic E-state index is 0.0546. The van der Waals surface area contributed by atoms with E-state index >= 15 is 0 Å². The first-order valence-corrected chi connectivity index (χ1v) is 6.68. The predicted octanol–water partition coefficient (Wildman–Crippen LogP) is 3.19. The molecule has 1 amide bonds. The maximum absolute atomic E-state index is 12.0. The van der Waals surface area contributed by atoms with E-state index in [0.29, 0.717) is 6.42 Å². The molecule has 0 aromatic heterocycles. The second kappa shape index (κ2) is 5.59. The van der Waals surface area contributed by atoms with Gasteiger partial charge < -0.3 is 5.32 Å². The number of nitrogens with zero attached hydrogens (tertiary/aromatic N) is 2. The molecular formula is C17H13N3O. The monoisotopic (exact) mass is 275 g/mol. The van der Waals surface area contributed by atoms with Crippen LogP contribution in [0.1, 0.15) is 17.0 Å². The van der Waals surface area contributed by atoms with E-state index in [1.54, 1.807) is 6.21 Å². The highest BCUT2D eigenvalue weighted by Crippen LogP contribution is 2.31. The Morgan fingerprint density at radius 2 is 1.95 bits per heavy atom. The number of carbonyl (C=O) groups is 1. The summed E-state index contributed by atoms with van der Waals surface area (Å²) >= 11 is 0.